The molecule has 1 unspecified atom stereocenters. The topological polar surface area (TPSA) is 103 Å². The van der Waals surface area contributed by atoms with Gasteiger partial charge in [-0.3, -0.25) is 0 Å². The molecule has 3 aromatic rings. The first-order valence-corrected chi connectivity index (χ1v) is 6.95. The number of nitrogen functional groups attached to an aromatic ring is 1. The lowest BCUT2D eigenvalue weighted by Crippen LogP contribution is -2.10. The van der Waals surface area contributed by atoms with E-state index < -0.39 is 0 Å². The van der Waals surface area contributed by atoms with Gasteiger partial charge in [-0.15, -0.1) is 0 Å². The molecule has 112 valence electrons. The van der Waals surface area contributed by atoms with Crippen molar-refractivity contribution in [3.05, 3.63) is 47.4 Å². The van der Waals surface area contributed by atoms with Crippen LogP contribution in [0.5, 0.6) is 0 Å². The van der Waals surface area contributed by atoms with E-state index >= 15 is 0 Å². The number of hydrogen-bond acceptors (Lipinski definition) is 7. The fourth-order valence-corrected chi connectivity index (χ4v) is 2.09. The third-order valence-electron chi connectivity index (χ3n) is 2.93. The highest BCUT2D eigenvalue weighted by atomic mass is 35.5. The minimum absolute atomic E-state index is 0.0975. The Morgan fingerprint density at radius 2 is 1.95 bits per heavy atom. The second-order valence-corrected chi connectivity index (χ2v) is 5.01. The van der Waals surface area contributed by atoms with Gasteiger partial charge in [0.25, 0.3) is 5.89 Å². The molecule has 3 rings (SSSR count). The van der Waals surface area contributed by atoms with Gasteiger partial charge in [0.15, 0.2) is 5.82 Å². The molecule has 1 aromatic carbocycles. The van der Waals surface area contributed by atoms with Gasteiger partial charge in [-0.2, -0.15) is 9.97 Å². The monoisotopic (exact) mass is 316 g/mol. The van der Waals surface area contributed by atoms with E-state index in [9.17, 15) is 0 Å². The van der Waals surface area contributed by atoms with E-state index in [1.54, 1.807) is 6.07 Å². The molecule has 0 spiro atoms. The predicted molar refractivity (Wildman–Crippen MR) is 83.2 cm³/mol. The number of nitrogens with zero attached hydrogens (tertiary/aromatic N) is 4. The first-order valence-electron chi connectivity index (χ1n) is 6.57. The van der Waals surface area contributed by atoms with Crippen LogP contribution in [0, 0.1) is 0 Å². The Bertz CT molecular complexity index is 756. The molecule has 0 bridgehead atoms. The number of hydrogen-bond donors (Lipinski definition) is 2. The standard InChI is InChI=1S/C14H13ClN6O/c1-8(17-11-7-10(15)18-14(16)19-11)12-20-13(22-21-12)9-5-3-2-4-6-9/h2-8H,1H3,(H3,16,17,18,19). The van der Waals surface area contributed by atoms with Crippen molar-refractivity contribution >= 4 is 23.4 Å². The summed E-state index contributed by atoms with van der Waals surface area (Å²) in [5.74, 6) is 1.56. The summed E-state index contributed by atoms with van der Waals surface area (Å²) in [6, 6.07) is 10.9. The number of nitrogens with one attached hydrogen (secondary N) is 1. The Morgan fingerprint density at radius 3 is 2.68 bits per heavy atom. The molecular weight excluding hydrogens is 304 g/mol. The molecule has 8 heteroatoms. The third kappa shape index (κ3) is 3.15. The van der Waals surface area contributed by atoms with Gasteiger partial charge < -0.3 is 15.6 Å². The molecule has 0 radical (unpaired) electrons. The van der Waals surface area contributed by atoms with Crippen LogP contribution in [0.1, 0.15) is 18.8 Å². The Morgan fingerprint density at radius 1 is 1.18 bits per heavy atom. The highest BCUT2D eigenvalue weighted by Crippen LogP contribution is 2.22. The normalized spacial score (nSPS) is 12.1. The lowest BCUT2D eigenvalue weighted by atomic mass is 10.2. The molecule has 2 aromatic heterocycles. The maximum absolute atomic E-state index is 5.84. The summed E-state index contributed by atoms with van der Waals surface area (Å²) in [6.07, 6.45) is 0. The summed E-state index contributed by atoms with van der Waals surface area (Å²) in [4.78, 5) is 12.2. The Hall–Kier alpha value is -2.67. The number of aromatic nitrogens is 4. The summed E-state index contributed by atoms with van der Waals surface area (Å²) >= 11 is 5.84. The number of benzene rings is 1. The van der Waals surface area contributed by atoms with E-state index in [-0.39, 0.29) is 17.1 Å². The van der Waals surface area contributed by atoms with Crippen molar-refractivity contribution in [1.29, 1.82) is 0 Å². The van der Waals surface area contributed by atoms with Crippen LogP contribution < -0.4 is 11.1 Å². The van der Waals surface area contributed by atoms with Gasteiger partial charge in [-0.05, 0) is 19.1 Å². The zero-order valence-electron chi connectivity index (χ0n) is 11.7. The fraction of sp³-hybridized carbons (Fsp3) is 0.143. The Balaban J connectivity index is 1.78. The van der Waals surface area contributed by atoms with E-state index in [1.807, 2.05) is 37.3 Å². The van der Waals surface area contributed by atoms with Gasteiger partial charge in [0.05, 0.1) is 6.04 Å². The second kappa shape index (κ2) is 5.98. The van der Waals surface area contributed by atoms with Crippen molar-refractivity contribution in [1.82, 2.24) is 20.1 Å². The lowest BCUT2D eigenvalue weighted by molar-refractivity contribution is 0.420. The van der Waals surface area contributed by atoms with Gasteiger partial charge in [0.1, 0.15) is 11.0 Å². The van der Waals surface area contributed by atoms with E-state index in [2.05, 4.69) is 25.4 Å². The van der Waals surface area contributed by atoms with Crippen LogP contribution in [0.4, 0.5) is 11.8 Å². The first kappa shape index (κ1) is 14.3. The predicted octanol–water partition coefficient (Wildman–Crippen LogP) is 2.94. The number of rotatable bonds is 4. The zero-order chi connectivity index (χ0) is 15.5. The van der Waals surface area contributed by atoms with E-state index in [0.29, 0.717) is 17.5 Å². The minimum atomic E-state index is -0.230. The molecule has 7 nitrogen and oxygen atoms in total. The number of halogens is 1. The van der Waals surface area contributed by atoms with Gasteiger partial charge >= 0.3 is 0 Å². The van der Waals surface area contributed by atoms with Crippen LogP contribution in [0.2, 0.25) is 5.15 Å². The number of anilines is 2. The van der Waals surface area contributed by atoms with Gasteiger partial charge in [0, 0.05) is 11.6 Å². The summed E-state index contributed by atoms with van der Waals surface area (Å²) in [5.41, 5.74) is 6.42. The molecule has 3 N–H and O–H groups in total. The van der Waals surface area contributed by atoms with Crippen molar-refractivity contribution in [2.75, 3.05) is 11.1 Å². The van der Waals surface area contributed by atoms with Crippen LogP contribution in [0.25, 0.3) is 11.5 Å². The fourth-order valence-electron chi connectivity index (χ4n) is 1.90. The van der Waals surface area contributed by atoms with Crippen molar-refractivity contribution < 1.29 is 4.52 Å². The van der Waals surface area contributed by atoms with Crippen LogP contribution in [0.3, 0.4) is 0 Å². The molecule has 0 aliphatic rings. The molecule has 0 fully saturated rings. The van der Waals surface area contributed by atoms with Gasteiger partial charge in [-0.25, -0.2) is 4.98 Å². The van der Waals surface area contributed by atoms with E-state index in [1.165, 1.54) is 0 Å². The number of nitrogens with two attached hydrogens (primary N) is 1. The summed E-state index contributed by atoms with van der Waals surface area (Å²) in [6.45, 7) is 1.88. The van der Waals surface area contributed by atoms with Gasteiger partial charge in [0.2, 0.25) is 5.95 Å². The molecular formula is C14H13ClN6O. The lowest BCUT2D eigenvalue weighted by Gasteiger charge is -2.10. The summed E-state index contributed by atoms with van der Waals surface area (Å²) in [7, 11) is 0. The summed E-state index contributed by atoms with van der Waals surface area (Å²) < 4.78 is 5.27. The molecule has 22 heavy (non-hydrogen) atoms. The molecule has 1 atom stereocenters. The minimum Gasteiger partial charge on any atom is -0.368 e. The maximum atomic E-state index is 5.84. The van der Waals surface area contributed by atoms with E-state index in [4.69, 9.17) is 21.9 Å². The molecule has 0 aliphatic heterocycles. The van der Waals surface area contributed by atoms with Crippen molar-refractivity contribution in [2.45, 2.75) is 13.0 Å². The maximum Gasteiger partial charge on any atom is 0.257 e. The smallest absolute Gasteiger partial charge is 0.257 e. The van der Waals surface area contributed by atoms with Crippen LogP contribution in [-0.2, 0) is 0 Å². The largest absolute Gasteiger partial charge is 0.368 e. The average Bonchev–Trinajstić information content (AvgIpc) is 2.97. The Labute approximate surface area is 131 Å². The Kier molecular flexibility index (Phi) is 3.88. The van der Waals surface area contributed by atoms with Crippen LogP contribution in [-0.4, -0.2) is 20.1 Å². The molecule has 0 saturated carbocycles. The van der Waals surface area contributed by atoms with Crippen molar-refractivity contribution in [2.24, 2.45) is 0 Å². The highest BCUT2D eigenvalue weighted by Gasteiger charge is 2.15. The molecule has 0 amide bonds. The van der Waals surface area contributed by atoms with Crippen LogP contribution >= 0.6 is 11.6 Å². The first-order chi connectivity index (χ1) is 10.6. The van der Waals surface area contributed by atoms with Crippen molar-refractivity contribution in [3.63, 3.8) is 0 Å². The van der Waals surface area contributed by atoms with Gasteiger partial charge in [-0.1, -0.05) is 35.0 Å². The third-order valence-corrected chi connectivity index (χ3v) is 3.12. The SMILES string of the molecule is CC(Nc1cc(Cl)nc(N)n1)c1noc(-c2ccccc2)n1. The van der Waals surface area contributed by atoms with E-state index in [0.717, 1.165) is 5.56 Å². The highest BCUT2D eigenvalue weighted by molar-refractivity contribution is 6.29. The molecule has 2 heterocycles. The zero-order valence-corrected chi connectivity index (χ0v) is 12.4. The summed E-state index contributed by atoms with van der Waals surface area (Å²) in [5, 5.41) is 7.35. The van der Waals surface area contributed by atoms with Crippen LogP contribution in [0.15, 0.2) is 40.9 Å². The second-order valence-electron chi connectivity index (χ2n) is 4.62. The van der Waals surface area contributed by atoms with Crippen molar-refractivity contribution in [3.8, 4) is 11.5 Å². The molecule has 0 saturated heterocycles. The quantitative estimate of drug-likeness (QED) is 0.713. The molecule has 0 aliphatic carbocycles. The average molecular weight is 317 g/mol.